The molecule has 0 saturated heterocycles. The third-order valence-corrected chi connectivity index (χ3v) is 4.93. The molecule has 0 spiro atoms. The van der Waals surface area contributed by atoms with E-state index < -0.39 is 5.97 Å². The monoisotopic (exact) mass is 418 g/mol. The first kappa shape index (κ1) is 22.5. The fourth-order valence-electron chi connectivity index (χ4n) is 2.48. The summed E-state index contributed by atoms with van der Waals surface area (Å²) >= 11 is 1.25. The first-order valence-electron chi connectivity index (χ1n) is 9.24. The van der Waals surface area contributed by atoms with Gasteiger partial charge in [0.2, 0.25) is 5.91 Å². The van der Waals surface area contributed by atoms with Gasteiger partial charge in [0.25, 0.3) is 5.91 Å². The molecule has 8 heteroatoms. The van der Waals surface area contributed by atoms with Crippen LogP contribution in [0.5, 0.6) is 0 Å². The molecule has 0 aliphatic carbocycles. The van der Waals surface area contributed by atoms with Crippen LogP contribution in [0.3, 0.4) is 0 Å². The number of esters is 1. The van der Waals surface area contributed by atoms with E-state index in [1.807, 2.05) is 26.8 Å². The Hall–Kier alpha value is -2.74. The average Bonchev–Trinajstić information content (AvgIpc) is 3.08. The highest BCUT2D eigenvalue weighted by Crippen LogP contribution is 2.23. The normalized spacial score (nSPS) is 10.7. The molecule has 2 rings (SSSR count). The smallest absolute Gasteiger partial charge is 0.339 e. The molecule has 7 nitrogen and oxygen atoms in total. The average molecular weight is 419 g/mol. The van der Waals surface area contributed by atoms with E-state index >= 15 is 0 Å². The van der Waals surface area contributed by atoms with E-state index in [2.05, 4.69) is 5.32 Å². The molecule has 0 bridgehead atoms. The van der Waals surface area contributed by atoms with Crippen LogP contribution in [-0.2, 0) is 20.9 Å². The van der Waals surface area contributed by atoms with Crippen molar-refractivity contribution < 1.29 is 23.5 Å². The Kier molecular flexibility index (Phi) is 8.33. The summed E-state index contributed by atoms with van der Waals surface area (Å²) in [4.78, 5) is 38.6. The quantitative estimate of drug-likeness (QED) is 0.497. The van der Waals surface area contributed by atoms with Crippen molar-refractivity contribution in [2.75, 3.05) is 19.4 Å². The lowest BCUT2D eigenvalue weighted by molar-refractivity contribution is -0.134. The summed E-state index contributed by atoms with van der Waals surface area (Å²) in [6.07, 6.45) is 0. The van der Waals surface area contributed by atoms with Gasteiger partial charge in [0.05, 0.1) is 17.9 Å². The maximum atomic E-state index is 12.5. The number of hydrogen-bond acceptors (Lipinski definition) is 6. The molecule has 2 aromatic rings. The van der Waals surface area contributed by atoms with Crippen LogP contribution in [0.25, 0.3) is 0 Å². The summed E-state index contributed by atoms with van der Waals surface area (Å²) < 4.78 is 10.6. The summed E-state index contributed by atoms with van der Waals surface area (Å²) in [6, 6.07) is 10.5. The molecule has 29 heavy (non-hydrogen) atoms. The van der Waals surface area contributed by atoms with Crippen molar-refractivity contribution in [1.82, 2.24) is 10.2 Å². The third-order valence-electron chi connectivity index (χ3n) is 3.86. The predicted octanol–water partition coefficient (Wildman–Crippen LogP) is 3.02. The number of nitrogens with zero attached hydrogens (tertiary/aromatic N) is 1. The highest BCUT2D eigenvalue weighted by atomic mass is 32.2. The molecular weight excluding hydrogens is 392 g/mol. The molecule has 0 saturated carbocycles. The fraction of sp³-hybridized carbons (Fsp3) is 0.381. The Balaban J connectivity index is 1.89. The molecule has 156 valence electrons. The molecular formula is C21H26N2O5S. The summed E-state index contributed by atoms with van der Waals surface area (Å²) in [6.45, 7) is 5.52. The minimum atomic E-state index is -0.604. The van der Waals surface area contributed by atoms with Gasteiger partial charge in [-0.1, -0.05) is 12.1 Å². The molecule has 1 heterocycles. The third kappa shape index (κ3) is 7.30. The van der Waals surface area contributed by atoms with Gasteiger partial charge in [-0.05, 0) is 45.0 Å². The number of benzene rings is 1. The number of carbonyl (C=O) groups is 3. The maximum absolute atomic E-state index is 12.5. The minimum absolute atomic E-state index is 0.0522. The van der Waals surface area contributed by atoms with Crippen LogP contribution in [0.2, 0.25) is 0 Å². The number of ether oxygens (including phenoxy) is 1. The molecule has 0 atom stereocenters. The van der Waals surface area contributed by atoms with E-state index in [9.17, 15) is 14.4 Å². The predicted molar refractivity (Wildman–Crippen MR) is 111 cm³/mol. The van der Waals surface area contributed by atoms with Crippen LogP contribution in [-0.4, -0.2) is 48.1 Å². The van der Waals surface area contributed by atoms with E-state index in [1.165, 1.54) is 16.7 Å². The van der Waals surface area contributed by atoms with E-state index in [-0.39, 0.29) is 30.2 Å². The lowest BCUT2D eigenvalue weighted by atomic mass is 10.2. The van der Waals surface area contributed by atoms with E-state index in [1.54, 1.807) is 37.4 Å². The summed E-state index contributed by atoms with van der Waals surface area (Å²) in [5, 5.41) is 2.80. The molecule has 0 unspecified atom stereocenters. The van der Waals surface area contributed by atoms with Gasteiger partial charge in [0.15, 0.2) is 6.61 Å². The van der Waals surface area contributed by atoms with Crippen LogP contribution in [0.15, 0.2) is 45.7 Å². The van der Waals surface area contributed by atoms with Gasteiger partial charge in [0.1, 0.15) is 11.5 Å². The van der Waals surface area contributed by atoms with Crippen LogP contribution >= 0.6 is 11.8 Å². The van der Waals surface area contributed by atoms with Crippen LogP contribution < -0.4 is 5.32 Å². The van der Waals surface area contributed by atoms with Crippen molar-refractivity contribution in [2.24, 2.45) is 0 Å². The molecule has 1 aromatic carbocycles. The number of likely N-dealkylation sites (N-methyl/N-ethyl adjacent to an activating group) is 1. The second-order valence-electron chi connectivity index (χ2n) is 6.85. The zero-order valence-corrected chi connectivity index (χ0v) is 17.9. The van der Waals surface area contributed by atoms with Crippen molar-refractivity contribution in [3.8, 4) is 0 Å². The van der Waals surface area contributed by atoms with Crippen LogP contribution in [0.1, 0.15) is 35.7 Å². The number of nitrogens with one attached hydrogen (secondary N) is 1. The topological polar surface area (TPSA) is 88.8 Å². The lowest BCUT2D eigenvalue weighted by Crippen LogP contribution is -2.31. The SMILES string of the molecule is Cc1ccc(CN(C)C(=O)COC(=O)c2ccccc2SCC(=O)NC(C)C)o1. The van der Waals surface area contributed by atoms with Gasteiger partial charge in [0, 0.05) is 18.0 Å². The Morgan fingerprint density at radius 3 is 2.55 bits per heavy atom. The number of hydrogen-bond donors (Lipinski definition) is 1. The standard InChI is InChI=1S/C21H26N2O5S/c1-14(2)22-19(24)13-29-18-8-6-5-7-17(18)21(26)27-12-20(25)23(4)11-16-10-9-15(3)28-16/h5-10,14H,11-13H2,1-4H3,(H,22,24). The van der Waals surface area contributed by atoms with Gasteiger partial charge in [-0.25, -0.2) is 4.79 Å². The summed E-state index contributed by atoms with van der Waals surface area (Å²) in [5.74, 6) is 0.557. The van der Waals surface area contributed by atoms with E-state index in [0.717, 1.165) is 5.76 Å². The Labute approximate surface area is 174 Å². The van der Waals surface area contributed by atoms with Crippen LogP contribution in [0.4, 0.5) is 0 Å². The van der Waals surface area contributed by atoms with Gasteiger partial charge < -0.3 is 19.4 Å². The van der Waals surface area contributed by atoms with Gasteiger partial charge in [-0.15, -0.1) is 11.8 Å². The zero-order valence-electron chi connectivity index (χ0n) is 17.1. The van der Waals surface area contributed by atoms with Gasteiger partial charge >= 0.3 is 5.97 Å². The molecule has 0 aliphatic heterocycles. The molecule has 0 fully saturated rings. The van der Waals surface area contributed by atoms with Crippen molar-refractivity contribution in [2.45, 2.75) is 38.3 Å². The van der Waals surface area contributed by atoms with E-state index in [0.29, 0.717) is 22.8 Å². The largest absolute Gasteiger partial charge is 0.464 e. The van der Waals surface area contributed by atoms with Crippen molar-refractivity contribution in [1.29, 1.82) is 0 Å². The van der Waals surface area contributed by atoms with Crippen molar-refractivity contribution >= 4 is 29.5 Å². The second-order valence-corrected chi connectivity index (χ2v) is 7.86. The van der Waals surface area contributed by atoms with Crippen molar-refractivity contribution in [3.63, 3.8) is 0 Å². The van der Waals surface area contributed by atoms with Crippen molar-refractivity contribution in [3.05, 3.63) is 53.5 Å². The molecule has 1 N–H and O–H groups in total. The molecule has 0 aliphatic rings. The molecule has 0 radical (unpaired) electrons. The van der Waals surface area contributed by atoms with Gasteiger partial charge in [-0.2, -0.15) is 0 Å². The van der Waals surface area contributed by atoms with Crippen LogP contribution in [0, 0.1) is 6.92 Å². The number of aryl methyl sites for hydroxylation is 1. The van der Waals surface area contributed by atoms with Gasteiger partial charge in [-0.3, -0.25) is 9.59 Å². The first-order chi connectivity index (χ1) is 13.8. The highest BCUT2D eigenvalue weighted by Gasteiger charge is 2.18. The molecule has 2 amide bonds. The maximum Gasteiger partial charge on any atom is 0.339 e. The number of amides is 2. The number of carbonyl (C=O) groups excluding carboxylic acids is 3. The number of thioether (sulfide) groups is 1. The molecule has 1 aromatic heterocycles. The lowest BCUT2D eigenvalue weighted by Gasteiger charge is -2.16. The summed E-state index contributed by atoms with van der Waals surface area (Å²) in [5.41, 5.74) is 0.326. The number of rotatable bonds is 9. The minimum Gasteiger partial charge on any atom is -0.464 e. The van der Waals surface area contributed by atoms with E-state index in [4.69, 9.17) is 9.15 Å². The summed E-state index contributed by atoms with van der Waals surface area (Å²) in [7, 11) is 1.62. The Bertz CT molecular complexity index is 862. The number of furan rings is 1. The second kappa shape index (κ2) is 10.7. The fourth-order valence-corrected chi connectivity index (χ4v) is 3.33. The highest BCUT2D eigenvalue weighted by molar-refractivity contribution is 8.00. The first-order valence-corrected chi connectivity index (χ1v) is 10.2. The Morgan fingerprint density at radius 2 is 1.90 bits per heavy atom. The Morgan fingerprint density at radius 1 is 1.17 bits per heavy atom. The zero-order chi connectivity index (χ0) is 21.4.